The maximum absolute atomic E-state index is 8.48. The second-order valence-corrected chi connectivity index (χ2v) is 3.54. The summed E-state index contributed by atoms with van der Waals surface area (Å²) in [6, 6.07) is 0. The summed E-state index contributed by atoms with van der Waals surface area (Å²) in [4.78, 5) is 3.72. The van der Waals surface area contributed by atoms with Gasteiger partial charge in [0.2, 0.25) is 0 Å². The smallest absolute Gasteiger partial charge is 0.0558 e. The first kappa shape index (κ1) is 18.1. The van der Waals surface area contributed by atoms with Crippen molar-refractivity contribution < 1.29 is 20.4 Å². The Bertz CT molecular complexity index is 111. The van der Waals surface area contributed by atoms with Gasteiger partial charge in [0, 0.05) is 26.2 Å². The molecule has 100 valence electrons. The fourth-order valence-electron chi connectivity index (χ4n) is 0.960. The molecule has 0 atom stereocenters. The quantitative estimate of drug-likeness (QED) is 0.384. The van der Waals surface area contributed by atoms with Crippen molar-refractivity contribution in [2.24, 2.45) is 0 Å². The van der Waals surface area contributed by atoms with Crippen molar-refractivity contribution in [2.45, 2.75) is 0 Å². The molecule has 0 aromatic carbocycles. The summed E-state index contributed by atoms with van der Waals surface area (Å²) in [7, 11) is 3.85. The highest BCUT2D eigenvalue weighted by molar-refractivity contribution is 4.54. The lowest BCUT2D eigenvalue weighted by Gasteiger charge is -2.17. The Morgan fingerprint density at radius 1 is 0.625 bits per heavy atom. The lowest BCUT2D eigenvalue weighted by Crippen LogP contribution is -2.32. The van der Waals surface area contributed by atoms with E-state index in [2.05, 4.69) is 0 Å². The molecule has 0 fully saturated rings. The molecule has 0 heterocycles. The van der Waals surface area contributed by atoms with E-state index in [1.54, 1.807) is 4.90 Å². The zero-order chi connectivity index (χ0) is 12.8. The van der Waals surface area contributed by atoms with Gasteiger partial charge in [0.15, 0.2) is 0 Å². The molecule has 0 unspecified atom stereocenters. The molecule has 6 heteroatoms. The van der Waals surface area contributed by atoms with Crippen LogP contribution in [0.2, 0.25) is 0 Å². The molecule has 0 saturated carbocycles. The van der Waals surface area contributed by atoms with E-state index in [0.717, 1.165) is 6.54 Å². The Morgan fingerprint density at radius 2 is 0.938 bits per heavy atom. The Labute approximate surface area is 97.7 Å². The minimum absolute atomic E-state index is 0.0694. The van der Waals surface area contributed by atoms with E-state index in [1.807, 2.05) is 19.0 Å². The number of rotatable bonds is 8. The monoisotopic (exact) mass is 238 g/mol. The minimum atomic E-state index is 0.0694. The molecule has 0 amide bonds. The number of aliphatic hydroxyl groups excluding tert-OH is 4. The van der Waals surface area contributed by atoms with Crippen LogP contribution in [0.1, 0.15) is 0 Å². The highest BCUT2D eigenvalue weighted by Crippen LogP contribution is 1.84. The third-order valence-corrected chi connectivity index (χ3v) is 1.80. The largest absolute Gasteiger partial charge is 0.395 e. The lowest BCUT2D eigenvalue weighted by atomic mass is 10.4. The van der Waals surface area contributed by atoms with Crippen molar-refractivity contribution in [1.29, 1.82) is 0 Å². The van der Waals surface area contributed by atoms with Gasteiger partial charge in [-0.15, -0.1) is 0 Å². The van der Waals surface area contributed by atoms with Crippen LogP contribution < -0.4 is 0 Å². The molecule has 0 aromatic heterocycles. The third-order valence-electron chi connectivity index (χ3n) is 1.80. The van der Waals surface area contributed by atoms with Gasteiger partial charge in [-0.1, -0.05) is 0 Å². The van der Waals surface area contributed by atoms with Gasteiger partial charge >= 0.3 is 0 Å². The van der Waals surface area contributed by atoms with Crippen molar-refractivity contribution in [3.05, 3.63) is 0 Å². The van der Waals surface area contributed by atoms with Crippen LogP contribution in [0.3, 0.4) is 0 Å². The van der Waals surface area contributed by atoms with Gasteiger partial charge in [0.25, 0.3) is 0 Å². The van der Waals surface area contributed by atoms with Gasteiger partial charge in [-0.3, -0.25) is 4.90 Å². The van der Waals surface area contributed by atoms with Crippen LogP contribution in [0.15, 0.2) is 0 Å². The molecular formula is C10H26N2O4. The highest BCUT2D eigenvalue weighted by Gasteiger charge is 2.00. The molecule has 0 aliphatic carbocycles. The first-order chi connectivity index (χ1) is 7.62. The molecule has 0 bridgehead atoms. The minimum Gasteiger partial charge on any atom is -0.395 e. The summed E-state index contributed by atoms with van der Waals surface area (Å²) in [6.45, 7) is 2.77. The van der Waals surface area contributed by atoms with Gasteiger partial charge in [-0.2, -0.15) is 0 Å². The summed E-state index contributed by atoms with van der Waals surface area (Å²) >= 11 is 0. The predicted molar refractivity (Wildman–Crippen MR) is 63.3 cm³/mol. The van der Waals surface area contributed by atoms with E-state index in [9.17, 15) is 0 Å². The van der Waals surface area contributed by atoms with Crippen LogP contribution in [0.25, 0.3) is 0 Å². The third kappa shape index (κ3) is 16.2. The molecule has 0 rings (SSSR count). The van der Waals surface area contributed by atoms with Crippen LogP contribution in [-0.4, -0.2) is 96.9 Å². The van der Waals surface area contributed by atoms with E-state index in [0.29, 0.717) is 19.6 Å². The van der Waals surface area contributed by atoms with Crippen molar-refractivity contribution in [1.82, 2.24) is 9.80 Å². The highest BCUT2D eigenvalue weighted by atomic mass is 16.3. The Hall–Kier alpha value is -0.240. The normalized spacial score (nSPS) is 10.5. The molecular weight excluding hydrogens is 212 g/mol. The molecule has 16 heavy (non-hydrogen) atoms. The maximum Gasteiger partial charge on any atom is 0.0558 e. The molecule has 0 saturated heterocycles. The van der Waals surface area contributed by atoms with Gasteiger partial charge < -0.3 is 25.3 Å². The average Bonchev–Trinajstić information content (AvgIpc) is 2.19. The maximum atomic E-state index is 8.48. The number of aliphatic hydroxyl groups is 4. The van der Waals surface area contributed by atoms with Crippen LogP contribution in [0.4, 0.5) is 0 Å². The predicted octanol–water partition coefficient (Wildman–Crippen LogP) is -2.19. The Kier molecular flexibility index (Phi) is 16.7. The molecule has 0 aromatic rings. The van der Waals surface area contributed by atoms with Crippen LogP contribution in [0, 0.1) is 0 Å². The molecule has 0 aliphatic heterocycles. The topological polar surface area (TPSA) is 87.4 Å². The summed E-state index contributed by atoms with van der Waals surface area (Å²) in [6.07, 6.45) is 0. The fourth-order valence-corrected chi connectivity index (χ4v) is 0.960. The number of nitrogens with zero attached hydrogens (tertiary/aromatic N) is 2. The average molecular weight is 238 g/mol. The van der Waals surface area contributed by atoms with Crippen molar-refractivity contribution in [3.8, 4) is 0 Å². The van der Waals surface area contributed by atoms with E-state index in [1.165, 1.54) is 0 Å². The SMILES string of the molecule is CN(C)CCO.OCCN(CCO)CCO. The summed E-state index contributed by atoms with van der Waals surface area (Å²) < 4.78 is 0. The van der Waals surface area contributed by atoms with Crippen LogP contribution >= 0.6 is 0 Å². The molecule has 4 N–H and O–H groups in total. The number of likely N-dealkylation sites (N-methyl/N-ethyl adjacent to an activating group) is 1. The van der Waals surface area contributed by atoms with Crippen molar-refractivity contribution >= 4 is 0 Å². The van der Waals surface area contributed by atoms with Crippen molar-refractivity contribution in [3.63, 3.8) is 0 Å². The number of hydrogen-bond donors (Lipinski definition) is 4. The van der Waals surface area contributed by atoms with Gasteiger partial charge in [0.05, 0.1) is 26.4 Å². The standard InChI is InChI=1S/C6H15NO3.C4H11NO/c8-4-1-7(2-5-9)3-6-10;1-5(2)3-4-6/h8-10H,1-6H2;6H,3-4H2,1-2H3. The summed E-state index contributed by atoms with van der Waals surface area (Å²) in [5.41, 5.74) is 0. The zero-order valence-electron chi connectivity index (χ0n) is 10.3. The number of hydrogen-bond acceptors (Lipinski definition) is 6. The van der Waals surface area contributed by atoms with Crippen molar-refractivity contribution in [2.75, 3.05) is 66.7 Å². The molecule has 6 nitrogen and oxygen atoms in total. The van der Waals surface area contributed by atoms with Gasteiger partial charge in [-0.05, 0) is 14.1 Å². The second kappa shape index (κ2) is 14.8. The summed E-state index contributed by atoms with van der Waals surface area (Å²) in [5.74, 6) is 0. The second-order valence-electron chi connectivity index (χ2n) is 3.54. The van der Waals surface area contributed by atoms with E-state index >= 15 is 0 Å². The molecule has 0 aliphatic rings. The van der Waals surface area contributed by atoms with Gasteiger partial charge in [0.1, 0.15) is 0 Å². The van der Waals surface area contributed by atoms with E-state index in [4.69, 9.17) is 20.4 Å². The lowest BCUT2D eigenvalue weighted by molar-refractivity contribution is 0.136. The molecule has 0 spiro atoms. The fraction of sp³-hybridized carbons (Fsp3) is 1.00. The van der Waals surface area contributed by atoms with Gasteiger partial charge in [-0.25, -0.2) is 0 Å². The Balaban J connectivity index is 0. The first-order valence-electron chi connectivity index (χ1n) is 5.42. The van der Waals surface area contributed by atoms with E-state index in [-0.39, 0.29) is 26.4 Å². The zero-order valence-corrected chi connectivity index (χ0v) is 10.3. The molecule has 0 radical (unpaired) electrons. The van der Waals surface area contributed by atoms with E-state index < -0.39 is 0 Å². The first-order valence-corrected chi connectivity index (χ1v) is 5.42. The summed E-state index contributed by atoms with van der Waals surface area (Å²) in [5, 5.41) is 33.6. The van der Waals surface area contributed by atoms with Crippen LogP contribution in [0.5, 0.6) is 0 Å². The van der Waals surface area contributed by atoms with Crippen LogP contribution in [-0.2, 0) is 0 Å². The Morgan fingerprint density at radius 3 is 1.06 bits per heavy atom.